The zero-order chi connectivity index (χ0) is 14.9. The summed E-state index contributed by atoms with van der Waals surface area (Å²) in [7, 11) is 0. The molecule has 0 radical (unpaired) electrons. The lowest BCUT2D eigenvalue weighted by Gasteiger charge is -2.07. The highest BCUT2D eigenvalue weighted by Gasteiger charge is 1.98. The van der Waals surface area contributed by atoms with E-state index in [-0.39, 0.29) is 6.61 Å². The maximum Gasteiger partial charge on any atom is 0.407 e. The first-order valence-electron chi connectivity index (χ1n) is 7.06. The molecule has 0 saturated heterocycles. The fourth-order valence-electron chi connectivity index (χ4n) is 1.24. The lowest BCUT2D eigenvalue weighted by Crippen LogP contribution is -2.26. The number of hydrogen-bond donors (Lipinski definition) is 1. The molecule has 0 aliphatic heterocycles. The van der Waals surface area contributed by atoms with Gasteiger partial charge in [-0.1, -0.05) is 19.6 Å². The van der Waals surface area contributed by atoms with Crippen LogP contribution in [-0.4, -0.2) is 58.9 Å². The second-order valence-corrected chi connectivity index (χ2v) is 4.00. The zero-order valence-electron chi connectivity index (χ0n) is 12.4. The molecule has 1 N–H and O–H groups in total. The van der Waals surface area contributed by atoms with Gasteiger partial charge in [-0.25, -0.2) is 4.79 Å². The van der Waals surface area contributed by atoms with E-state index in [9.17, 15) is 4.79 Å². The van der Waals surface area contributed by atoms with Crippen LogP contribution in [0.25, 0.3) is 0 Å². The molecule has 0 saturated carbocycles. The van der Waals surface area contributed by atoms with Gasteiger partial charge in [0.2, 0.25) is 0 Å². The molecule has 20 heavy (non-hydrogen) atoms. The molecule has 0 spiro atoms. The maximum atomic E-state index is 11.0. The molecule has 0 rings (SSSR count). The van der Waals surface area contributed by atoms with Crippen molar-refractivity contribution in [2.24, 2.45) is 0 Å². The second-order valence-electron chi connectivity index (χ2n) is 4.00. The summed E-state index contributed by atoms with van der Waals surface area (Å²) in [6, 6.07) is 0. The van der Waals surface area contributed by atoms with Crippen molar-refractivity contribution in [3.63, 3.8) is 0 Å². The highest BCUT2D eigenvalue weighted by molar-refractivity contribution is 5.67. The highest BCUT2D eigenvalue weighted by Crippen LogP contribution is 1.86. The Balaban J connectivity index is 3.06. The topological polar surface area (TPSA) is 66.0 Å². The Morgan fingerprint density at radius 2 is 1.65 bits per heavy atom. The maximum absolute atomic E-state index is 11.0. The third kappa shape index (κ3) is 14.9. The minimum Gasteiger partial charge on any atom is -0.445 e. The van der Waals surface area contributed by atoms with Gasteiger partial charge in [0.25, 0.3) is 0 Å². The normalized spacial score (nSPS) is 10.2. The van der Waals surface area contributed by atoms with Crippen molar-refractivity contribution in [2.75, 3.05) is 52.8 Å². The minimum atomic E-state index is -0.430. The Bertz CT molecular complexity index is 236. The minimum absolute atomic E-state index is 0.224. The van der Waals surface area contributed by atoms with Gasteiger partial charge in [0, 0.05) is 19.8 Å². The van der Waals surface area contributed by atoms with Crippen molar-refractivity contribution in [1.29, 1.82) is 0 Å². The summed E-state index contributed by atoms with van der Waals surface area (Å²) in [5.41, 5.74) is 0. The van der Waals surface area contributed by atoms with Gasteiger partial charge < -0.3 is 24.3 Å². The van der Waals surface area contributed by atoms with Crippen LogP contribution in [0.5, 0.6) is 0 Å². The molecule has 0 aromatic heterocycles. The van der Waals surface area contributed by atoms with Crippen LogP contribution in [-0.2, 0) is 18.9 Å². The average Bonchev–Trinajstić information content (AvgIpc) is 2.46. The number of rotatable bonds is 14. The van der Waals surface area contributed by atoms with Gasteiger partial charge in [0.1, 0.15) is 6.61 Å². The number of ether oxygens (including phenoxy) is 4. The summed E-state index contributed by atoms with van der Waals surface area (Å²) >= 11 is 0. The molecule has 6 nitrogen and oxygen atoms in total. The molecule has 1 amide bonds. The van der Waals surface area contributed by atoms with Crippen LogP contribution in [0.4, 0.5) is 4.79 Å². The highest BCUT2D eigenvalue weighted by atomic mass is 16.5. The van der Waals surface area contributed by atoms with E-state index in [1.807, 2.05) is 0 Å². The first-order chi connectivity index (χ1) is 9.81. The van der Waals surface area contributed by atoms with E-state index in [2.05, 4.69) is 18.8 Å². The molecular weight excluding hydrogens is 262 g/mol. The quantitative estimate of drug-likeness (QED) is 0.390. The van der Waals surface area contributed by atoms with Crippen LogP contribution in [0.3, 0.4) is 0 Å². The molecular formula is C14H27NO5. The molecule has 0 bridgehead atoms. The second kappa shape index (κ2) is 15.9. The summed E-state index contributed by atoms with van der Waals surface area (Å²) in [6.07, 6.45) is 2.86. The molecule has 0 heterocycles. The summed E-state index contributed by atoms with van der Waals surface area (Å²) in [5.74, 6) is 0. The van der Waals surface area contributed by atoms with Crippen molar-refractivity contribution in [3.8, 4) is 0 Å². The zero-order valence-corrected chi connectivity index (χ0v) is 12.4. The van der Waals surface area contributed by atoms with Crippen LogP contribution in [0.15, 0.2) is 12.7 Å². The van der Waals surface area contributed by atoms with E-state index in [0.717, 1.165) is 19.4 Å². The van der Waals surface area contributed by atoms with Crippen LogP contribution in [0.1, 0.15) is 19.8 Å². The van der Waals surface area contributed by atoms with Gasteiger partial charge in [-0.15, -0.1) is 0 Å². The van der Waals surface area contributed by atoms with Gasteiger partial charge in [-0.2, -0.15) is 0 Å². The summed E-state index contributed by atoms with van der Waals surface area (Å²) in [6.45, 7) is 9.98. The molecule has 6 heteroatoms. The molecule has 0 atom stereocenters. The van der Waals surface area contributed by atoms with Crippen LogP contribution in [0, 0.1) is 0 Å². The van der Waals surface area contributed by atoms with E-state index in [0.29, 0.717) is 39.6 Å². The number of amides is 1. The molecule has 0 aliphatic carbocycles. The number of carbonyl (C=O) groups is 1. The van der Waals surface area contributed by atoms with Gasteiger partial charge >= 0.3 is 6.09 Å². The number of hydrogen-bond acceptors (Lipinski definition) is 5. The Morgan fingerprint density at radius 1 is 1.05 bits per heavy atom. The summed E-state index contributed by atoms with van der Waals surface area (Å²) < 4.78 is 20.7. The van der Waals surface area contributed by atoms with Crippen molar-refractivity contribution in [3.05, 3.63) is 12.7 Å². The Hall–Kier alpha value is -1.11. The van der Waals surface area contributed by atoms with Gasteiger partial charge in [-0.05, 0) is 12.8 Å². The van der Waals surface area contributed by atoms with Crippen LogP contribution < -0.4 is 5.32 Å². The van der Waals surface area contributed by atoms with E-state index < -0.39 is 6.09 Å². The third-order valence-corrected chi connectivity index (χ3v) is 2.16. The Morgan fingerprint density at radius 3 is 2.25 bits per heavy atom. The predicted molar refractivity (Wildman–Crippen MR) is 76.9 cm³/mol. The predicted octanol–water partition coefficient (Wildman–Crippen LogP) is 1.75. The summed E-state index contributed by atoms with van der Waals surface area (Å²) in [5, 5.41) is 2.61. The first-order valence-corrected chi connectivity index (χ1v) is 7.06. The molecule has 0 unspecified atom stereocenters. The number of nitrogens with one attached hydrogen (secondary N) is 1. The summed E-state index contributed by atoms with van der Waals surface area (Å²) in [4.78, 5) is 11.0. The van der Waals surface area contributed by atoms with Crippen molar-refractivity contribution < 1.29 is 23.7 Å². The largest absolute Gasteiger partial charge is 0.445 e. The monoisotopic (exact) mass is 289 g/mol. The van der Waals surface area contributed by atoms with Crippen LogP contribution in [0.2, 0.25) is 0 Å². The van der Waals surface area contributed by atoms with E-state index in [1.165, 1.54) is 6.08 Å². The fourth-order valence-corrected chi connectivity index (χ4v) is 1.24. The number of carbonyl (C=O) groups excluding carboxylic acids is 1. The van der Waals surface area contributed by atoms with E-state index in [1.54, 1.807) is 0 Å². The lowest BCUT2D eigenvalue weighted by atomic mass is 10.4. The molecule has 118 valence electrons. The molecule has 0 aromatic carbocycles. The third-order valence-electron chi connectivity index (χ3n) is 2.16. The molecule has 0 fully saturated rings. The van der Waals surface area contributed by atoms with E-state index >= 15 is 0 Å². The molecule has 0 aromatic rings. The Labute approximate surface area is 121 Å². The van der Waals surface area contributed by atoms with Gasteiger partial charge in [-0.3, -0.25) is 0 Å². The average molecular weight is 289 g/mol. The first kappa shape index (κ1) is 18.9. The fraction of sp³-hybridized carbons (Fsp3) is 0.786. The van der Waals surface area contributed by atoms with Gasteiger partial charge in [0.15, 0.2) is 0 Å². The number of alkyl carbamates (subject to hydrolysis) is 1. The van der Waals surface area contributed by atoms with Crippen molar-refractivity contribution in [2.45, 2.75) is 19.8 Å². The smallest absolute Gasteiger partial charge is 0.407 e. The van der Waals surface area contributed by atoms with Crippen LogP contribution >= 0.6 is 0 Å². The Kier molecular flexibility index (Phi) is 15.1. The van der Waals surface area contributed by atoms with Crippen molar-refractivity contribution >= 4 is 6.09 Å². The lowest BCUT2D eigenvalue weighted by molar-refractivity contribution is 0.0143. The molecule has 0 aliphatic rings. The van der Waals surface area contributed by atoms with Crippen molar-refractivity contribution in [1.82, 2.24) is 5.32 Å². The van der Waals surface area contributed by atoms with Gasteiger partial charge in [0.05, 0.1) is 26.4 Å². The standard InChI is InChI=1S/C14H27NO5/c1-3-7-17-10-12-19-13-11-18-9-5-6-15-14(16)20-8-4-2/h4H,2-3,5-13H2,1H3,(H,15,16). The SMILES string of the molecule is C=CCOC(=O)NCCCOCCOCCOCCC. The van der Waals surface area contributed by atoms with E-state index in [4.69, 9.17) is 18.9 Å².